The molecule has 1 aromatic rings. The summed E-state index contributed by atoms with van der Waals surface area (Å²) in [5.41, 5.74) is 0.808. The van der Waals surface area contributed by atoms with Crippen molar-refractivity contribution in [2.24, 2.45) is 0 Å². The van der Waals surface area contributed by atoms with E-state index in [4.69, 9.17) is 4.74 Å². The highest BCUT2D eigenvalue weighted by Gasteiger charge is 2.23. The maximum absolute atomic E-state index is 11.6. The Hall–Kier alpha value is -2.57. The molecule has 0 aliphatic carbocycles. The number of methoxy groups -OCH3 is 1. The zero-order valence-electron chi connectivity index (χ0n) is 11.8. The third kappa shape index (κ3) is 6.42. The molecule has 0 fully saturated rings. The number of carbonyl (C=O) groups excluding carboxylic acids is 3. The van der Waals surface area contributed by atoms with Crippen molar-refractivity contribution in [2.45, 2.75) is 19.6 Å². The Bertz CT molecular complexity index is 487. The van der Waals surface area contributed by atoms with E-state index in [0.29, 0.717) is 0 Å². The Labute approximate surface area is 122 Å². The molecule has 1 atom stereocenters. The van der Waals surface area contributed by atoms with Crippen LogP contribution in [0.15, 0.2) is 30.3 Å². The zero-order valence-corrected chi connectivity index (χ0v) is 11.8. The van der Waals surface area contributed by atoms with E-state index >= 15 is 0 Å². The van der Waals surface area contributed by atoms with Gasteiger partial charge in [-0.1, -0.05) is 30.3 Å². The van der Waals surface area contributed by atoms with Gasteiger partial charge in [-0.05, 0) is 5.56 Å². The van der Waals surface area contributed by atoms with Crippen molar-refractivity contribution in [1.29, 1.82) is 0 Å². The lowest BCUT2D eigenvalue weighted by molar-refractivity contribution is -0.149. The molecule has 1 N–H and O–H groups in total. The minimum absolute atomic E-state index is 0.0636. The first kappa shape index (κ1) is 16.5. The number of carbonyl (C=O) groups is 3. The van der Waals surface area contributed by atoms with E-state index in [1.165, 1.54) is 14.0 Å². The Morgan fingerprint density at radius 1 is 1.14 bits per heavy atom. The largest absolute Gasteiger partial charge is 0.467 e. The average molecular weight is 295 g/mol. The van der Waals surface area contributed by atoms with Crippen LogP contribution in [0.4, 0.5) is 4.79 Å². The van der Waals surface area contributed by atoms with Gasteiger partial charge in [0.15, 0.2) is 6.04 Å². The van der Waals surface area contributed by atoms with Crippen molar-refractivity contribution in [1.82, 2.24) is 5.32 Å². The first-order chi connectivity index (χ1) is 10.0. The smallest absolute Gasteiger partial charge is 0.408 e. The second-order valence-electron chi connectivity index (χ2n) is 4.08. The summed E-state index contributed by atoms with van der Waals surface area (Å²) < 4.78 is 14.2. The minimum atomic E-state index is -1.11. The summed E-state index contributed by atoms with van der Waals surface area (Å²) in [6.45, 7) is 0.943. The molecular weight excluding hydrogens is 278 g/mol. The van der Waals surface area contributed by atoms with E-state index in [9.17, 15) is 14.4 Å². The number of ether oxygens (including phenoxy) is 3. The molecule has 0 aliphatic heterocycles. The molecule has 0 unspecified atom stereocenters. The second kappa shape index (κ2) is 8.57. The van der Waals surface area contributed by atoms with Gasteiger partial charge in [-0.25, -0.2) is 9.59 Å². The maximum Gasteiger partial charge on any atom is 0.408 e. The third-order valence-electron chi connectivity index (χ3n) is 2.44. The lowest BCUT2D eigenvalue weighted by Gasteiger charge is -2.16. The Kier molecular flexibility index (Phi) is 6.73. The maximum atomic E-state index is 11.6. The standard InChI is InChI=1S/C14H17NO6/c1-10(16)20-9-12(13(17)19-2)15-14(18)21-8-11-6-4-3-5-7-11/h3-7,12H,8-9H2,1-2H3,(H,15,18)/t12-/m1/s1. The first-order valence-electron chi connectivity index (χ1n) is 6.21. The lowest BCUT2D eigenvalue weighted by Crippen LogP contribution is -2.45. The fourth-order valence-electron chi connectivity index (χ4n) is 1.42. The molecule has 0 saturated heterocycles. The van der Waals surface area contributed by atoms with Crippen LogP contribution in [-0.2, 0) is 30.4 Å². The number of alkyl carbamates (subject to hydrolysis) is 1. The summed E-state index contributed by atoms with van der Waals surface area (Å²) in [5.74, 6) is -1.30. The van der Waals surface area contributed by atoms with Gasteiger partial charge in [-0.2, -0.15) is 0 Å². The fraction of sp³-hybridized carbons (Fsp3) is 0.357. The van der Waals surface area contributed by atoms with E-state index in [1.54, 1.807) is 12.1 Å². The molecule has 21 heavy (non-hydrogen) atoms. The third-order valence-corrected chi connectivity index (χ3v) is 2.44. The zero-order chi connectivity index (χ0) is 15.7. The monoisotopic (exact) mass is 295 g/mol. The fourth-order valence-corrected chi connectivity index (χ4v) is 1.42. The van der Waals surface area contributed by atoms with Crippen molar-refractivity contribution in [3.05, 3.63) is 35.9 Å². The van der Waals surface area contributed by atoms with Gasteiger partial charge in [0.1, 0.15) is 13.2 Å². The molecule has 0 saturated carbocycles. The highest BCUT2D eigenvalue weighted by Crippen LogP contribution is 2.01. The number of esters is 2. The molecule has 0 aromatic heterocycles. The van der Waals surface area contributed by atoms with Crippen molar-refractivity contribution in [2.75, 3.05) is 13.7 Å². The van der Waals surface area contributed by atoms with Crippen molar-refractivity contribution < 1.29 is 28.6 Å². The van der Waals surface area contributed by atoms with Crippen molar-refractivity contribution in [3.8, 4) is 0 Å². The van der Waals surface area contributed by atoms with Crippen LogP contribution in [0.3, 0.4) is 0 Å². The summed E-state index contributed by atoms with van der Waals surface area (Å²) >= 11 is 0. The Balaban J connectivity index is 2.47. The Morgan fingerprint density at radius 3 is 2.38 bits per heavy atom. The summed E-state index contributed by atoms with van der Waals surface area (Å²) in [6.07, 6.45) is -0.804. The number of benzene rings is 1. The van der Waals surface area contributed by atoms with Crippen LogP contribution in [0.1, 0.15) is 12.5 Å². The van der Waals surface area contributed by atoms with Gasteiger partial charge in [-0.3, -0.25) is 4.79 Å². The molecule has 0 bridgehead atoms. The van der Waals surface area contributed by atoms with Gasteiger partial charge in [0.25, 0.3) is 0 Å². The molecule has 7 heteroatoms. The number of hydrogen-bond donors (Lipinski definition) is 1. The summed E-state index contributed by atoms with van der Waals surface area (Å²) in [7, 11) is 1.17. The van der Waals surface area contributed by atoms with Gasteiger partial charge in [0.2, 0.25) is 0 Å². The lowest BCUT2D eigenvalue weighted by atomic mass is 10.2. The molecular formula is C14H17NO6. The van der Waals surface area contributed by atoms with Gasteiger partial charge >= 0.3 is 18.0 Å². The van der Waals surface area contributed by atoms with E-state index < -0.39 is 24.1 Å². The van der Waals surface area contributed by atoms with Gasteiger partial charge < -0.3 is 19.5 Å². The molecule has 0 heterocycles. The predicted octanol–water partition coefficient (Wildman–Crippen LogP) is 1.02. The molecule has 0 spiro atoms. The normalized spacial score (nSPS) is 11.1. The molecule has 114 valence electrons. The first-order valence-corrected chi connectivity index (χ1v) is 6.21. The van der Waals surface area contributed by atoms with E-state index in [1.807, 2.05) is 18.2 Å². The predicted molar refractivity (Wildman–Crippen MR) is 72.2 cm³/mol. The quantitative estimate of drug-likeness (QED) is 0.622. The Morgan fingerprint density at radius 2 is 1.81 bits per heavy atom. The van der Waals surface area contributed by atoms with Crippen LogP contribution in [0, 0.1) is 0 Å². The van der Waals surface area contributed by atoms with Crippen LogP contribution in [0.25, 0.3) is 0 Å². The average Bonchev–Trinajstić information content (AvgIpc) is 2.49. The summed E-state index contributed by atoms with van der Waals surface area (Å²) in [6, 6.07) is 7.95. The molecule has 1 amide bonds. The van der Waals surface area contributed by atoms with Crippen molar-refractivity contribution in [3.63, 3.8) is 0 Å². The molecule has 0 aliphatic rings. The number of rotatable bonds is 6. The van der Waals surface area contributed by atoms with Crippen LogP contribution < -0.4 is 5.32 Å². The van der Waals surface area contributed by atoms with Crippen LogP contribution in [-0.4, -0.2) is 37.8 Å². The summed E-state index contributed by atoms with van der Waals surface area (Å²) in [4.78, 5) is 33.8. The highest BCUT2D eigenvalue weighted by molar-refractivity contribution is 5.81. The SMILES string of the molecule is COC(=O)[C@@H](COC(C)=O)NC(=O)OCc1ccccc1. The topological polar surface area (TPSA) is 90.9 Å². The molecule has 1 rings (SSSR count). The van der Waals surface area contributed by atoms with E-state index in [-0.39, 0.29) is 13.2 Å². The van der Waals surface area contributed by atoms with Gasteiger partial charge in [-0.15, -0.1) is 0 Å². The number of hydrogen-bond acceptors (Lipinski definition) is 6. The van der Waals surface area contributed by atoms with Crippen LogP contribution in [0.2, 0.25) is 0 Å². The minimum Gasteiger partial charge on any atom is -0.467 e. The van der Waals surface area contributed by atoms with Crippen molar-refractivity contribution >= 4 is 18.0 Å². The van der Waals surface area contributed by atoms with Gasteiger partial charge in [0.05, 0.1) is 7.11 Å². The number of amides is 1. The van der Waals surface area contributed by atoms with Crippen LogP contribution >= 0.6 is 0 Å². The van der Waals surface area contributed by atoms with E-state index in [0.717, 1.165) is 5.56 Å². The summed E-state index contributed by atoms with van der Waals surface area (Å²) in [5, 5.41) is 2.28. The van der Waals surface area contributed by atoms with E-state index in [2.05, 4.69) is 14.8 Å². The van der Waals surface area contributed by atoms with Gasteiger partial charge in [0, 0.05) is 6.92 Å². The second-order valence-corrected chi connectivity index (χ2v) is 4.08. The molecule has 7 nitrogen and oxygen atoms in total. The number of nitrogens with one attached hydrogen (secondary N) is 1. The molecule has 1 aromatic carbocycles. The molecule has 0 radical (unpaired) electrons. The van der Waals surface area contributed by atoms with Crippen LogP contribution in [0.5, 0.6) is 0 Å². The highest BCUT2D eigenvalue weighted by atomic mass is 16.6.